The third-order valence-corrected chi connectivity index (χ3v) is 2.39. The minimum atomic E-state index is -0.620. The molecule has 3 N–H and O–H groups in total. The van der Waals surface area contributed by atoms with Gasteiger partial charge in [-0.15, -0.1) is 0 Å². The highest BCUT2D eigenvalue weighted by Crippen LogP contribution is 2.17. The van der Waals surface area contributed by atoms with Gasteiger partial charge in [0.05, 0.1) is 6.04 Å². The summed E-state index contributed by atoms with van der Waals surface area (Å²) < 4.78 is 0. The van der Waals surface area contributed by atoms with Gasteiger partial charge in [0.1, 0.15) is 6.04 Å². The standard InChI is InChI=1S/C11H23N3O2/c1-7(10(16)14(5)6)13-9(15)8(12)11(2,3)4/h7-8H,12H2,1-6H3,(H,13,15)/t7?,8-/m1/s1. The van der Waals surface area contributed by atoms with Crippen LogP contribution in [-0.2, 0) is 9.59 Å². The fourth-order valence-corrected chi connectivity index (χ4v) is 1.15. The van der Waals surface area contributed by atoms with Crippen molar-refractivity contribution < 1.29 is 9.59 Å². The number of nitrogens with zero attached hydrogens (tertiary/aromatic N) is 1. The van der Waals surface area contributed by atoms with Crippen molar-refractivity contribution in [3.8, 4) is 0 Å². The van der Waals surface area contributed by atoms with Crippen LogP contribution in [0.5, 0.6) is 0 Å². The van der Waals surface area contributed by atoms with Crippen molar-refractivity contribution in [2.75, 3.05) is 14.1 Å². The number of likely N-dealkylation sites (N-methyl/N-ethyl adjacent to an activating group) is 1. The summed E-state index contributed by atoms with van der Waals surface area (Å²) >= 11 is 0. The molecule has 0 aromatic carbocycles. The summed E-state index contributed by atoms with van der Waals surface area (Å²) in [6.45, 7) is 7.30. The van der Waals surface area contributed by atoms with Gasteiger partial charge in [-0.1, -0.05) is 20.8 Å². The maximum absolute atomic E-state index is 11.7. The lowest BCUT2D eigenvalue weighted by Gasteiger charge is -2.27. The van der Waals surface area contributed by atoms with Crippen molar-refractivity contribution in [1.29, 1.82) is 0 Å². The van der Waals surface area contributed by atoms with Crippen LogP contribution in [0.15, 0.2) is 0 Å². The molecule has 0 aliphatic carbocycles. The van der Waals surface area contributed by atoms with Gasteiger partial charge in [-0.25, -0.2) is 0 Å². The van der Waals surface area contributed by atoms with Gasteiger partial charge in [0.15, 0.2) is 0 Å². The van der Waals surface area contributed by atoms with E-state index in [1.54, 1.807) is 21.0 Å². The van der Waals surface area contributed by atoms with E-state index in [0.29, 0.717) is 0 Å². The third kappa shape index (κ3) is 4.18. The van der Waals surface area contributed by atoms with E-state index < -0.39 is 12.1 Å². The summed E-state index contributed by atoms with van der Waals surface area (Å²) in [7, 11) is 3.29. The first-order chi connectivity index (χ1) is 7.07. The molecule has 0 rings (SSSR count). The molecule has 1 unspecified atom stereocenters. The quantitative estimate of drug-likeness (QED) is 0.712. The molecule has 5 nitrogen and oxygen atoms in total. The highest BCUT2D eigenvalue weighted by molar-refractivity contribution is 5.89. The van der Waals surface area contributed by atoms with Crippen LogP contribution in [0, 0.1) is 5.41 Å². The Morgan fingerprint density at radius 1 is 1.25 bits per heavy atom. The lowest BCUT2D eigenvalue weighted by atomic mass is 9.87. The SMILES string of the molecule is CC(NC(=O)[C@@H](N)C(C)(C)C)C(=O)N(C)C. The van der Waals surface area contributed by atoms with E-state index in [2.05, 4.69) is 5.32 Å². The molecule has 2 atom stereocenters. The normalized spacial score (nSPS) is 15.2. The highest BCUT2D eigenvalue weighted by Gasteiger charge is 2.29. The van der Waals surface area contributed by atoms with Crippen molar-refractivity contribution in [2.45, 2.75) is 39.8 Å². The van der Waals surface area contributed by atoms with Crippen LogP contribution in [0.3, 0.4) is 0 Å². The number of amides is 2. The first-order valence-corrected chi connectivity index (χ1v) is 5.34. The summed E-state index contributed by atoms with van der Waals surface area (Å²) in [5, 5.41) is 2.61. The van der Waals surface area contributed by atoms with Crippen molar-refractivity contribution >= 4 is 11.8 Å². The zero-order chi connectivity index (χ0) is 13.1. The fraction of sp³-hybridized carbons (Fsp3) is 0.818. The highest BCUT2D eigenvalue weighted by atomic mass is 16.2. The zero-order valence-electron chi connectivity index (χ0n) is 11.0. The number of carbonyl (C=O) groups is 2. The van der Waals surface area contributed by atoms with Gasteiger partial charge >= 0.3 is 0 Å². The van der Waals surface area contributed by atoms with E-state index in [4.69, 9.17) is 5.73 Å². The topological polar surface area (TPSA) is 75.4 Å². The number of carbonyl (C=O) groups excluding carboxylic acids is 2. The number of nitrogens with two attached hydrogens (primary N) is 1. The molecule has 0 aliphatic heterocycles. The molecule has 0 saturated carbocycles. The van der Waals surface area contributed by atoms with Gasteiger partial charge in [-0.05, 0) is 12.3 Å². The van der Waals surface area contributed by atoms with Crippen LogP contribution in [0.2, 0.25) is 0 Å². The number of hydrogen-bond acceptors (Lipinski definition) is 3. The summed E-state index contributed by atoms with van der Waals surface area (Å²) in [6, 6.07) is -1.17. The summed E-state index contributed by atoms with van der Waals surface area (Å²) in [5.41, 5.74) is 5.47. The molecule has 2 amide bonds. The molecule has 0 aromatic rings. The van der Waals surface area contributed by atoms with Gasteiger partial charge in [0, 0.05) is 14.1 Å². The minimum absolute atomic E-state index is 0.144. The van der Waals surface area contributed by atoms with Crippen molar-refractivity contribution in [2.24, 2.45) is 11.1 Å². The summed E-state index contributed by atoms with van der Waals surface area (Å²) in [6.07, 6.45) is 0. The van der Waals surface area contributed by atoms with Crippen LogP contribution >= 0.6 is 0 Å². The van der Waals surface area contributed by atoms with Crippen LogP contribution in [0.1, 0.15) is 27.7 Å². The summed E-state index contributed by atoms with van der Waals surface area (Å²) in [4.78, 5) is 24.7. The lowest BCUT2D eigenvalue weighted by Crippen LogP contribution is -2.53. The van der Waals surface area contributed by atoms with Gasteiger partial charge in [-0.2, -0.15) is 0 Å². The molecule has 0 heterocycles. The van der Waals surface area contributed by atoms with E-state index in [1.165, 1.54) is 4.90 Å². The molecule has 0 aromatic heterocycles. The average Bonchev–Trinajstić information content (AvgIpc) is 2.13. The van der Waals surface area contributed by atoms with Crippen LogP contribution in [-0.4, -0.2) is 42.9 Å². The predicted octanol–water partition coefficient (Wildman–Crippen LogP) is -0.0473. The Balaban J connectivity index is 4.42. The average molecular weight is 229 g/mol. The largest absolute Gasteiger partial charge is 0.347 e. The van der Waals surface area contributed by atoms with Gasteiger partial charge in [-0.3, -0.25) is 9.59 Å². The van der Waals surface area contributed by atoms with Crippen molar-refractivity contribution in [3.63, 3.8) is 0 Å². The van der Waals surface area contributed by atoms with Crippen LogP contribution < -0.4 is 11.1 Å². The Hall–Kier alpha value is -1.10. The van der Waals surface area contributed by atoms with E-state index >= 15 is 0 Å². The Bertz CT molecular complexity index is 269. The van der Waals surface area contributed by atoms with E-state index in [1.807, 2.05) is 20.8 Å². The van der Waals surface area contributed by atoms with Crippen LogP contribution in [0.25, 0.3) is 0 Å². The fourth-order valence-electron chi connectivity index (χ4n) is 1.15. The molecule has 0 bridgehead atoms. The first-order valence-electron chi connectivity index (χ1n) is 5.34. The minimum Gasteiger partial charge on any atom is -0.347 e. The molecular formula is C11H23N3O2. The molecule has 0 fully saturated rings. The second kappa shape index (κ2) is 5.30. The Labute approximate surface area is 97.4 Å². The molecule has 94 valence electrons. The number of nitrogens with one attached hydrogen (secondary N) is 1. The van der Waals surface area contributed by atoms with E-state index in [-0.39, 0.29) is 17.2 Å². The second-order valence-electron chi connectivity index (χ2n) is 5.31. The lowest BCUT2D eigenvalue weighted by molar-refractivity contribution is -0.135. The van der Waals surface area contributed by atoms with Gasteiger partial charge in [0.25, 0.3) is 0 Å². The molecule has 0 aliphatic rings. The van der Waals surface area contributed by atoms with Gasteiger partial charge in [0.2, 0.25) is 11.8 Å². The molecule has 0 spiro atoms. The van der Waals surface area contributed by atoms with E-state index in [9.17, 15) is 9.59 Å². The maximum atomic E-state index is 11.7. The molecule has 0 saturated heterocycles. The maximum Gasteiger partial charge on any atom is 0.244 e. The van der Waals surface area contributed by atoms with Crippen molar-refractivity contribution in [1.82, 2.24) is 10.2 Å². The number of rotatable bonds is 3. The van der Waals surface area contributed by atoms with Crippen molar-refractivity contribution in [3.05, 3.63) is 0 Å². The second-order valence-corrected chi connectivity index (χ2v) is 5.31. The third-order valence-electron chi connectivity index (χ3n) is 2.39. The zero-order valence-corrected chi connectivity index (χ0v) is 11.0. The number of hydrogen-bond donors (Lipinski definition) is 2. The first kappa shape index (κ1) is 14.9. The molecule has 5 heteroatoms. The smallest absolute Gasteiger partial charge is 0.244 e. The molecular weight excluding hydrogens is 206 g/mol. The monoisotopic (exact) mass is 229 g/mol. The Kier molecular flexibility index (Phi) is 4.93. The van der Waals surface area contributed by atoms with Gasteiger partial charge < -0.3 is 16.0 Å². The van der Waals surface area contributed by atoms with Crippen LogP contribution in [0.4, 0.5) is 0 Å². The Morgan fingerprint density at radius 2 is 1.69 bits per heavy atom. The predicted molar refractivity (Wildman–Crippen MR) is 63.7 cm³/mol. The molecule has 0 radical (unpaired) electrons. The molecule has 16 heavy (non-hydrogen) atoms. The summed E-state index contributed by atoms with van der Waals surface area (Å²) in [5.74, 6) is -0.440. The Morgan fingerprint density at radius 3 is 2.00 bits per heavy atom. The van der Waals surface area contributed by atoms with E-state index in [0.717, 1.165) is 0 Å².